The van der Waals surface area contributed by atoms with E-state index < -0.39 is 11.9 Å². The van der Waals surface area contributed by atoms with Gasteiger partial charge >= 0.3 is 5.97 Å². The molecule has 0 aliphatic rings. The quantitative estimate of drug-likeness (QED) is 0.494. The lowest BCUT2D eigenvalue weighted by atomic mass is 10.0. The van der Waals surface area contributed by atoms with Crippen LogP contribution in [0.15, 0.2) is 42.5 Å². The molecule has 7 nitrogen and oxygen atoms in total. The third-order valence-corrected chi connectivity index (χ3v) is 4.31. The number of carbonyl (C=O) groups is 2. The first-order valence-electron chi connectivity index (χ1n) is 9.42. The number of nitrogens with one attached hydrogen (secondary N) is 1. The summed E-state index contributed by atoms with van der Waals surface area (Å²) in [6.45, 7) is 3.81. The highest BCUT2D eigenvalue weighted by Crippen LogP contribution is 2.38. The first-order chi connectivity index (χ1) is 14.4. The number of carbonyl (C=O) groups excluding carboxylic acids is 2. The van der Waals surface area contributed by atoms with Gasteiger partial charge in [-0.25, -0.2) is 4.79 Å². The SMILES string of the molecule is COc1cc(/C=C/C(=O)OCC(=O)Nc2ccc(C(C)C)cc2)cc(OC)c1OC. The van der Waals surface area contributed by atoms with E-state index in [1.807, 2.05) is 24.3 Å². The van der Waals surface area contributed by atoms with Crippen LogP contribution >= 0.6 is 0 Å². The van der Waals surface area contributed by atoms with Crippen molar-refractivity contribution >= 4 is 23.6 Å². The van der Waals surface area contributed by atoms with E-state index in [0.717, 1.165) is 0 Å². The van der Waals surface area contributed by atoms with Crippen LogP contribution < -0.4 is 19.5 Å². The van der Waals surface area contributed by atoms with Gasteiger partial charge in [0.05, 0.1) is 21.3 Å². The molecule has 30 heavy (non-hydrogen) atoms. The van der Waals surface area contributed by atoms with Gasteiger partial charge in [0.2, 0.25) is 5.75 Å². The summed E-state index contributed by atoms with van der Waals surface area (Å²) >= 11 is 0. The van der Waals surface area contributed by atoms with Crippen molar-refractivity contribution in [2.45, 2.75) is 19.8 Å². The molecule has 2 aromatic rings. The van der Waals surface area contributed by atoms with Crippen molar-refractivity contribution in [1.82, 2.24) is 0 Å². The molecule has 0 saturated carbocycles. The van der Waals surface area contributed by atoms with Crippen LogP contribution in [0.2, 0.25) is 0 Å². The first-order valence-corrected chi connectivity index (χ1v) is 9.42. The van der Waals surface area contributed by atoms with Gasteiger partial charge in [0.15, 0.2) is 18.1 Å². The fraction of sp³-hybridized carbons (Fsp3) is 0.304. The van der Waals surface area contributed by atoms with Gasteiger partial charge < -0.3 is 24.3 Å². The van der Waals surface area contributed by atoms with E-state index in [-0.39, 0.29) is 6.61 Å². The number of hydrogen-bond acceptors (Lipinski definition) is 6. The molecule has 0 aliphatic carbocycles. The van der Waals surface area contributed by atoms with Gasteiger partial charge in [-0.3, -0.25) is 4.79 Å². The molecule has 2 rings (SSSR count). The van der Waals surface area contributed by atoms with E-state index in [0.29, 0.717) is 34.4 Å². The van der Waals surface area contributed by atoms with Gasteiger partial charge in [0.25, 0.3) is 5.91 Å². The summed E-state index contributed by atoms with van der Waals surface area (Å²) in [5, 5.41) is 2.69. The molecule has 0 saturated heterocycles. The Hall–Kier alpha value is -3.48. The zero-order valence-electron chi connectivity index (χ0n) is 17.9. The Labute approximate surface area is 176 Å². The van der Waals surface area contributed by atoms with E-state index in [9.17, 15) is 9.59 Å². The van der Waals surface area contributed by atoms with Gasteiger partial charge in [0, 0.05) is 11.8 Å². The third kappa shape index (κ3) is 6.27. The van der Waals surface area contributed by atoms with E-state index in [4.69, 9.17) is 18.9 Å². The number of amides is 1. The Morgan fingerprint density at radius 1 is 0.967 bits per heavy atom. The van der Waals surface area contributed by atoms with Crippen LogP contribution in [0.3, 0.4) is 0 Å². The number of rotatable bonds is 9. The topological polar surface area (TPSA) is 83.1 Å². The summed E-state index contributed by atoms with van der Waals surface area (Å²) in [5.74, 6) is 0.738. The first kappa shape index (κ1) is 22.8. The molecule has 1 N–H and O–H groups in total. The molecule has 160 valence electrons. The molecule has 0 aliphatic heterocycles. The van der Waals surface area contributed by atoms with Crippen molar-refractivity contribution in [1.29, 1.82) is 0 Å². The summed E-state index contributed by atoms with van der Waals surface area (Å²) in [7, 11) is 4.53. The average molecular weight is 413 g/mol. The van der Waals surface area contributed by atoms with Crippen molar-refractivity contribution in [2.24, 2.45) is 0 Å². The molecule has 0 unspecified atom stereocenters. The third-order valence-electron chi connectivity index (χ3n) is 4.31. The average Bonchev–Trinajstić information content (AvgIpc) is 2.75. The summed E-state index contributed by atoms with van der Waals surface area (Å²) < 4.78 is 20.8. The molecule has 0 aromatic heterocycles. The van der Waals surface area contributed by atoms with E-state index in [2.05, 4.69) is 19.2 Å². The second-order valence-corrected chi connectivity index (χ2v) is 6.72. The Bertz CT molecular complexity index is 877. The van der Waals surface area contributed by atoms with Crippen molar-refractivity contribution < 1.29 is 28.5 Å². The van der Waals surface area contributed by atoms with Crippen molar-refractivity contribution in [3.63, 3.8) is 0 Å². The normalized spacial score (nSPS) is 10.7. The van der Waals surface area contributed by atoms with Gasteiger partial charge in [0.1, 0.15) is 0 Å². The zero-order chi connectivity index (χ0) is 22.1. The van der Waals surface area contributed by atoms with Crippen LogP contribution in [0.25, 0.3) is 6.08 Å². The second kappa shape index (κ2) is 10.9. The van der Waals surface area contributed by atoms with Crippen LogP contribution in [0, 0.1) is 0 Å². The predicted octanol–water partition coefficient (Wildman–Crippen LogP) is 4.03. The highest BCUT2D eigenvalue weighted by Gasteiger charge is 2.12. The molecule has 0 fully saturated rings. The lowest BCUT2D eigenvalue weighted by Crippen LogP contribution is -2.20. The Morgan fingerprint density at radius 2 is 1.57 bits per heavy atom. The molecule has 0 atom stereocenters. The minimum absolute atomic E-state index is 0.385. The highest BCUT2D eigenvalue weighted by molar-refractivity contribution is 5.94. The minimum Gasteiger partial charge on any atom is -0.493 e. The Kier molecular flexibility index (Phi) is 8.29. The van der Waals surface area contributed by atoms with Gasteiger partial charge in [-0.2, -0.15) is 0 Å². The number of methoxy groups -OCH3 is 3. The fourth-order valence-corrected chi connectivity index (χ4v) is 2.70. The number of anilines is 1. The fourth-order valence-electron chi connectivity index (χ4n) is 2.70. The van der Waals surface area contributed by atoms with Crippen molar-refractivity contribution in [2.75, 3.05) is 33.3 Å². The summed E-state index contributed by atoms with van der Waals surface area (Å²) in [5.41, 5.74) is 2.47. The van der Waals surface area contributed by atoms with Crippen LogP contribution in [0.1, 0.15) is 30.9 Å². The monoisotopic (exact) mass is 413 g/mol. The molecule has 7 heteroatoms. The molecular formula is C23H27NO6. The van der Waals surface area contributed by atoms with Gasteiger partial charge in [-0.15, -0.1) is 0 Å². The van der Waals surface area contributed by atoms with E-state index in [1.54, 1.807) is 12.1 Å². The van der Waals surface area contributed by atoms with Crippen LogP contribution in [0.5, 0.6) is 17.2 Å². The number of hydrogen-bond donors (Lipinski definition) is 1. The smallest absolute Gasteiger partial charge is 0.331 e. The summed E-state index contributed by atoms with van der Waals surface area (Å²) in [6, 6.07) is 10.9. The van der Waals surface area contributed by atoms with Crippen LogP contribution in [-0.4, -0.2) is 39.8 Å². The maximum absolute atomic E-state index is 12.0. The van der Waals surface area contributed by atoms with Crippen molar-refractivity contribution in [3.8, 4) is 17.2 Å². The number of esters is 1. The molecule has 0 bridgehead atoms. The number of ether oxygens (including phenoxy) is 4. The van der Waals surface area contributed by atoms with Crippen LogP contribution in [0.4, 0.5) is 5.69 Å². The highest BCUT2D eigenvalue weighted by atomic mass is 16.5. The van der Waals surface area contributed by atoms with Gasteiger partial charge in [-0.05, 0) is 47.4 Å². The summed E-state index contributed by atoms with van der Waals surface area (Å²) in [4.78, 5) is 23.9. The van der Waals surface area contributed by atoms with E-state index in [1.165, 1.54) is 39.0 Å². The van der Waals surface area contributed by atoms with Gasteiger partial charge in [-0.1, -0.05) is 26.0 Å². The standard InChI is InChI=1S/C23H27NO6/c1-15(2)17-7-9-18(10-8-17)24-21(25)14-30-22(26)11-6-16-12-19(27-3)23(29-5)20(13-16)28-4/h6-13,15H,14H2,1-5H3,(H,24,25)/b11-6+. The molecule has 0 heterocycles. The Balaban J connectivity index is 1.92. The Morgan fingerprint density at radius 3 is 2.07 bits per heavy atom. The number of benzene rings is 2. The second-order valence-electron chi connectivity index (χ2n) is 6.72. The maximum atomic E-state index is 12.0. The lowest BCUT2D eigenvalue weighted by Gasteiger charge is -2.12. The maximum Gasteiger partial charge on any atom is 0.331 e. The molecule has 1 amide bonds. The summed E-state index contributed by atoms with van der Waals surface area (Å²) in [6.07, 6.45) is 2.76. The van der Waals surface area contributed by atoms with Crippen molar-refractivity contribution in [3.05, 3.63) is 53.6 Å². The molecule has 0 radical (unpaired) electrons. The zero-order valence-corrected chi connectivity index (χ0v) is 17.9. The largest absolute Gasteiger partial charge is 0.493 e. The lowest BCUT2D eigenvalue weighted by molar-refractivity contribution is -0.142. The molecule has 2 aromatic carbocycles. The molecule has 0 spiro atoms. The minimum atomic E-state index is -0.644. The van der Waals surface area contributed by atoms with Crippen LogP contribution in [-0.2, 0) is 14.3 Å². The molecular weight excluding hydrogens is 386 g/mol. The van der Waals surface area contributed by atoms with E-state index >= 15 is 0 Å². The predicted molar refractivity (Wildman–Crippen MR) is 115 cm³/mol.